The van der Waals surface area contributed by atoms with Crippen LogP contribution in [0.2, 0.25) is 5.02 Å². The monoisotopic (exact) mass is 295 g/mol. The van der Waals surface area contributed by atoms with Gasteiger partial charge in [0.1, 0.15) is 0 Å². The highest BCUT2D eigenvalue weighted by molar-refractivity contribution is 7.99. The first-order valence-electron chi connectivity index (χ1n) is 6.31. The fourth-order valence-corrected chi connectivity index (χ4v) is 2.73. The molecule has 0 radical (unpaired) electrons. The van der Waals surface area contributed by atoms with E-state index in [-0.39, 0.29) is 0 Å². The van der Waals surface area contributed by atoms with Gasteiger partial charge >= 0.3 is 0 Å². The van der Waals surface area contributed by atoms with E-state index in [4.69, 9.17) is 11.6 Å². The van der Waals surface area contributed by atoms with Crippen molar-refractivity contribution in [3.05, 3.63) is 41.2 Å². The molecule has 1 aromatic carbocycles. The summed E-state index contributed by atoms with van der Waals surface area (Å²) in [6.45, 7) is 6.21. The van der Waals surface area contributed by atoms with Crippen LogP contribution in [0.15, 0.2) is 40.6 Å². The van der Waals surface area contributed by atoms with E-state index in [9.17, 15) is 0 Å². The number of H-pyrrole nitrogens is 1. The summed E-state index contributed by atoms with van der Waals surface area (Å²) in [5.41, 5.74) is 1.20. The van der Waals surface area contributed by atoms with Gasteiger partial charge in [-0.2, -0.15) is 0 Å². The molecule has 19 heavy (non-hydrogen) atoms. The third-order valence-corrected chi connectivity index (χ3v) is 3.84. The zero-order chi connectivity index (χ0) is 13.7. The van der Waals surface area contributed by atoms with E-state index in [0.717, 1.165) is 23.3 Å². The Bertz CT molecular complexity index is 511. The number of imidazole rings is 1. The summed E-state index contributed by atoms with van der Waals surface area (Å²) in [5, 5.41) is 5.11. The van der Waals surface area contributed by atoms with E-state index in [2.05, 4.69) is 29.1 Å². The highest BCUT2D eigenvalue weighted by atomic mass is 35.5. The van der Waals surface area contributed by atoms with Gasteiger partial charge in [0.05, 0.1) is 0 Å². The van der Waals surface area contributed by atoms with Crippen molar-refractivity contribution in [2.75, 3.05) is 6.54 Å². The van der Waals surface area contributed by atoms with Gasteiger partial charge in [-0.1, -0.05) is 37.2 Å². The van der Waals surface area contributed by atoms with Crippen LogP contribution in [0.5, 0.6) is 0 Å². The van der Waals surface area contributed by atoms with E-state index in [1.807, 2.05) is 24.4 Å². The predicted molar refractivity (Wildman–Crippen MR) is 80.7 cm³/mol. The number of hydrogen-bond donors (Lipinski definition) is 2. The molecule has 0 bridgehead atoms. The fraction of sp³-hybridized carbons (Fsp3) is 0.357. The summed E-state index contributed by atoms with van der Waals surface area (Å²) < 4.78 is 0. The average Bonchev–Trinajstić information content (AvgIpc) is 2.85. The maximum absolute atomic E-state index is 6.08. The molecule has 0 unspecified atom stereocenters. The van der Waals surface area contributed by atoms with Crippen molar-refractivity contribution in [3.8, 4) is 0 Å². The molecule has 3 nitrogen and oxygen atoms in total. The second-order valence-corrected chi connectivity index (χ2v) is 6.24. The van der Waals surface area contributed by atoms with E-state index >= 15 is 0 Å². The zero-order valence-corrected chi connectivity index (χ0v) is 12.7. The maximum Gasteiger partial charge on any atom is 0.170 e. The molecule has 0 atom stereocenters. The van der Waals surface area contributed by atoms with E-state index in [1.54, 1.807) is 18.0 Å². The summed E-state index contributed by atoms with van der Waals surface area (Å²) in [6, 6.07) is 5.97. The van der Waals surface area contributed by atoms with Gasteiger partial charge in [-0.15, -0.1) is 0 Å². The molecular formula is C14H18ClN3S. The second kappa shape index (κ2) is 6.98. The predicted octanol–water partition coefficient (Wildman–Crippen LogP) is 3.96. The fourth-order valence-electron chi connectivity index (χ4n) is 1.69. The maximum atomic E-state index is 6.08. The summed E-state index contributed by atoms with van der Waals surface area (Å²) in [7, 11) is 0. The van der Waals surface area contributed by atoms with Gasteiger partial charge in [0.2, 0.25) is 0 Å². The van der Waals surface area contributed by atoms with Gasteiger partial charge in [0.15, 0.2) is 5.16 Å². The second-order valence-electron chi connectivity index (χ2n) is 4.77. The highest BCUT2D eigenvalue weighted by Crippen LogP contribution is 2.29. The van der Waals surface area contributed by atoms with Crippen LogP contribution in [0.3, 0.4) is 0 Å². The Balaban J connectivity index is 2.08. The summed E-state index contributed by atoms with van der Waals surface area (Å²) in [4.78, 5) is 8.51. The van der Waals surface area contributed by atoms with Crippen LogP contribution in [0.25, 0.3) is 0 Å². The van der Waals surface area contributed by atoms with Gasteiger partial charge in [0.25, 0.3) is 0 Å². The van der Waals surface area contributed by atoms with Crippen LogP contribution in [0.4, 0.5) is 0 Å². The van der Waals surface area contributed by atoms with Crippen LogP contribution in [0, 0.1) is 5.92 Å². The lowest BCUT2D eigenvalue weighted by atomic mass is 10.2. The first-order valence-corrected chi connectivity index (χ1v) is 7.51. The molecule has 0 aliphatic heterocycles. The normalized spacial score (nSPS) is 11.2. The molecule has 0 saturated carbocycles. The van der Waals surface area contributed by atoms with Crippen LogP contribution in [-0.2, 0) is 6.54 Å². The highest BCUT2D eigenvalue weighted by Gasteiger charge is 2.07. The summed E-state index contributed by atoms with van der Waals surface area (Å²) in [5.74, 6) is 0.639. The standard InChI is InChI=1S/C14H18ClN3S/c1-10(2)8-16-9-11-7-12(15)3-4-13(11)19-14-17-5-6-18-14/h3-7,10,16H,8-9H2,1-2H3,(H,17,18). The minimum atomic E-state index is 0.639. The minimum Gasteiger partial charge on any atom is -0.339 e. The first kappa shape index (κ1) is 14.4. The molecule has 102 valence electrons. The van der Waals surface area contributed by atoms with Crippen molar-refractivity contribution in [1.29, 1.82) is 0 Å². The number of aromatic nitrogens is 2. The lowest BCUT2D eigenvalue weighted by Crippen LogP contribution is -2.19. The van der Waals surface area contributed by atoms with E-state index in [0.29, 0.717) is 5.92 Å². The Hall–Kier alpha value is -0.970. The number of nitrogens with one attached hydrogen (secondary N) is 2. The molecule has 0 saturated heterocycles. The number of aromatic amines is 1. The van der Waals surface area contributed by atoms with Crippen LogP contribution in [0.1, 0.15) is 19.4 Å². The van der Waals surface area contributed by atoms with Crippen molar-refractivity contribution in [2.24, 2.45) is 5.92 Å². The zero-order valence-electron chi connectivity index (χ0n) is 11.1. The minimum absolute atomic E-state index is 0.639. The SMILES string of the molecule is CC(C)CNCc1cc(Cl)ccc1Sc1ncc[nH]1. The van der Waals surface area contributed by atoms with Gasteiger partial charge in [-0.25, -0.2) is 4.98 Å². The molecule has 1 aromatic heterocycles. The smallest absolute Gasteiger partial charge is 0.170 e. The molecule has 2 N–H and O–H groups in total. The Kier molecular flexibility index (Phi) is 5.31. The number of nitrogens with zero attached hydrogens (tertiary/aromatic N) is 1. The van der Waals surface area contributed by atoms with Crippen LogP contribution < -0.4 is 5.32 Å². The van der Waals surface area contributed by atoms with E-state index in [1.165, 1.54) is 10.5 Å². The van der Waals surface area contributed by atoms with Crippen molar-refractivity contribution >= 4 is 23.4 Å². The Labute approximate surface area is 123 Å². The topological polar surface area (TPSA) is 40.7 Å². The molecule has 0 aliphatic rings. The first-order chi connectivity index (χ1) is 9.15. The van der Waals surface area contributed by atoms with Crippen LogP contribution in [-0.4, -0.2) is 16.5 Å². The summed E-state index contributed by atoms with van der Waals surface area (Å²) >= 11 is 7.70. The molecule has 1 heterocycles. The largest absolute Gasteiger partial charge is 0.339 e. The summed E-state index contributed by atoms with van der Waals surface area (Å²) in [6.07, 6.45) is 3.59. The average molecular weight is 296 g/mol. The Morgan fingerprint density at radius 1 is 1.42 bits per heavy atom. The van der Waals surface area contributed by atoms with Gasteiger partial charge in [-0.3, -0.25) is 0 Å². The van der Waals surface area contributed by atoms with Gasteiger partial charge in [-0.05, 0) is 36.2 Å². The Morgan fingerprint density at radius 3 is 2.95 bits per heavy atom. The molecule has 2 aromatic rings. The van der Waals surface area contributed by atoms with Gasteiger partial charge < -0.3 is 10.3 Å². The molecule has 0 amide bonds. The third kappa shape index (κ3) is 4.56. The third-order valence-electron chi connectivity index (χ3n) is 2.57. The van der Waals surface area contributed by atoms with Crippen molar-refractivity contribution < 1.29 is 0 Å². The number of rotatable bonds is 6. The van der Waals surface area contributed by atoms with E-state index < -0.39 is 0 Å². The quantitative estimate of drug-likeness (QED) is 0.847. The molecule has 5 heteroatoms. The lowest BCUT2D eigenvalue weighted by Gasteiger charge is -2.11. The number of halogens is 1. The molecule has 0 spiro atoms. The molecule has 2 rings (SSSR count). The van der Waals surface area contributed by atoms with Crippen molar-refractivity contribution in [1.82, 2.24) is 15.3 Å². The Morgan fingerprint density at radius 2 is 2.26 bits per heavy atom. The lowest BCUT2D eigenvalue weighted by molar-refractivity contribution is 0.550. The van der Waals surface area contributed by atoms with Crippen molar-refractivity contribution in [2.45, 2.75) is 30.4 Å². The van der Waals surface area contributed by atoms with Gasteiger partial charge in [0, 0.05) is 28.9 Å². The molecular weight excluding hydrogens is 278 g/mol. The van der Waals surface area contributed by atoms with Crippen molar-refractivity contribution in [3.63, 3.8) is 0 Å². The van der Waals surface area contributed by atoms with Crippen LogP contribution >= 0.6 is 23.4 Å². The number of hydrogen-bond acceptors (Lipinski definition) is 3. The molecule has 0 fully saturated rings. The number of benzene rings is 1. The molecule has 0 aliphatic carbocycles.